The van der Waals surface area contributed by atoms with E-state index in [0.717, 1.165) is 19.5 Å². The van der Waals surface area contributed by atoms with Crippen molar-refractivity contribution in [2.24, 2.45) is 5.92 Å². The molecular formula is C23H32N4O. The molecule has 0 saturated carbocycles. The van der Waals surface area contributed by atoms with E-state index in [9.17, 15) is 4.79 Å². The molecule has 4 atom stereocenters. The Hall–Kier alpha value is -2.14. The molecule has 2 aromatic rings. The molecular weight excluding hydrogens is 348 g/mol. The molecule has 150 valence electrons. The fraction of sp³-hybridized carbons (Fsp3) is 0.565. The van der Waals surface area contributed by atoms with E-state index < -0.39 is 0 Å². The standard InChI is InChI=1S/C23H32N4O/c1-18(16-26-15-9-13-24-26)23(28)27-17-20(19-10-5-3-6-11-19)22-21(27)12-7-4-8-14-25(22)2/h3,5-6,9-11,13,15,18,20-22H,4,7-8,12,14,16-17H2,1-2H3/t18-,20-,21+,22-/m0/s1. The monoisotopic (exact) mass is 380 g/mol. The first kappa shape index (κ1) is 19.2. The number of amides is 1. The van der Waals surface area contributed by atoms with Gasteiger partial charge in [-0.25, -0.2) is 0 Å². The molecule has 0 N–H and O–H groups in total. The van der Waals surface area contributed by atoms with E-state index in [0.29, 0.717) is 24.5 Å². The highest BCUT2D eigenvalue weighted by Gasteiger charge is 2.46. The molecule has 4 rings (SSSR count). The number of rotatable bonds is 4. The lowest BCUT2D eigenvalue weighted by molar-refractivity contribution is -0.137. The maximum absolute atomic E-state index is 13.5. The Kier molecular flexibility index (Phi) is 5.81. The second-order valence-corrected chi connectivity index (χ2v) is 8.52. The van der Waals surface area contributed by atoms with Crippen LogP contribution in [0.4, 0.5) is 0 Å². The SMILES string of the molecule is C[C@@H](Cn1cccn1)C(=O)N1C[C@@H](c2ccccc2)[C@H]2[C@H]1CCCCCN2C. The number of likely N-dealkylation sites (tertiary alicyclic amines) is 2. The van der Waals surface area contributed by atoms with Gasteiger partial charge in [0.25, 0.3) is 0 Å². The maximum atomic E-state index is 13.5. The van der Waals surface area contributed by atoms with Gasteiger partial charge in [0.2, 0.25) is 5.91 Å². The lowest BCUT2D eigenvalue weighted by Gasteiger charge is -2.37. The van der Waals surface area contributed by atoms with Crippen LogP contribution < -0.4 is 0 Å². The summed E-state index contributed by atoms with van der Waals surface area (Å²) in [6.07, 6.45) is 8.55. The van der Waals surface area contributed by atoms with Gasteiger partial charge in [-0.3, -0.25) is 9.48 Å². The van der Waals surface area contributed by atoms with Crippen LogP contribution in [0.1, 0.15) is 44.1 Å². The van der Waals surface area contributed by atoms with E-state index in [-0.39, 0.29) is 11.8 Å². The van der Waals surface area contributed by atoms with E-state index in [2.05, 4.69) is 52.3 Å². The Morgan fingerprint density at radius 1 is 1.18 bits per heavy atom. The van der Waals surface area contributed by atoms with Gasteiger partial charge >= 0.3 is 0 Å². The highest BCUT2D eigenvalue weighted by Crippen LogP contribution is 2.39. The van der Waals surface area contributed by atoms with Gasteiger partial charge in [0.15, 0.2) is 0 Å². The number of carbonyl (C=O) groups is 1. The van der Waals surface area contributed by atoms with Crippen LogP contribution >= 0.6 is 0 Å². The summed E-state index contributed by atoms with van der Waals surface area (Å²) in [6.45, 7) is 4.63. The Labute approximate surface area is 168 Å². The van der Waals surface area contributed by atoms with Crippen LogP contribution in [0, 0.1) is 5.92 Å². The average Bonchev–Trinajstić information content (AvgIpc) is 3.33. The van der Waals surface area contributed by atoms with Crippen molar-refractivity contribution in [3.8, 4) is 0 Å². The molecule has 5 heteroatoms. The summed E-state index contributed by atoms with van der Waals surface area (Å²) in [5.41, 5.74) is 1.36. The number of carbonyl (C=O) groups excluding carboxylic acids is 1. The summed E-state index contributed by atoms with van der Waals surface area (Å²) in [5.74, 6) is 0.596. The maximum Gasteiger partial charge on any atom is 0.227 e. The Morgan fingerprint density at radius 2 is 2.00 bits per heavy atom. The van der Waals surface area contributed by atoms with Gasteiger partial charge < -0.3 is 9.80 Å². The topological polar surface area (TPSA) is 41.4 Å². The third kappa shape index (κ3) is 3.86. The zero-order valence-electron chi connectivity index (χ0n) is 17.1. The minimum absolute atomic E-state index is 0.0641. The summed E-state index contributed by atoms with van der Waals surface area (Å²) in [4.78, 5) is 18.2. The lowest BCUT2D eigenvalue weighted by Crippen LogP contribution is -2.49. The van der Waals surface area contributed by atoms with Crippen LogP contribution in [0.2, 0.25) is 0 Å². The number of hydrogen-bond acceptors (Lipinski definition) is 3. The number of aromatic nitrogens is 2. The van der Waals surface area contributed by atoms with Crippen molar-refractivity contribution in [3.05, 3.63) is 54.4 Å². The molecule has 1 aromatic carbocycles. The summed E-state index contributed by atoms with van der Waals surface area (Å²) < 4.78 is 1.87. The van der Waals surface area contributed by atoms with Gasteiger partial charge in [-0.15, -0.1) is 0 Å². The highest BCUT2D eigenvalue weighted by molar-refractivity contribution is 5.79. The minimum Gasteiger partial charge on any atom is -0.337 e. The molecule has 2 aliphatic rings. The predicted octanol–water partition coefficient (Wildman–Crippen LogP) is 3.39. The van der Waals surface area contributed by atoms with Gasteiger partial charge in [-0.05, 0) is 38.1 Å². The zero-order chi connectivity index (χ0) is 19.5. The van der Waals surface area contributed by atoms with E-state index in [1.807, 2.05) is 23.9 Å². The van der Waals surface area contributed by atoms with E-state index in [1.54, 1.807) is 6.20 Å². The van der Waals surface area contributed by atoms with Crippen molar-refractivity contribution in [1.82, 2.24) is 19.6 Å². The number of fused-ring (bicyclic) bond motifs is 1. The first-order valence-corrected chi connectivity index (χ1v) is 10.7. The molecule has 2 aliphatic heterocycles. The van der Waals surface area contributed by atoms with Crippen molar-refractivity contribution in [2.75, 3.05) is 20.1 Å². The average molecular weight is 381 g/mol. The van der Waals surface area contributed by atoms with Gasteiger partial charge in [0.05, 0.1) is 12.5 Å². The van der Waals surface area contributed by atoms with E-state index in [1.165, 1.54) is 24.8 Å². The largest absolute Gasteiger partial charge is 0.337 e. The molecule has 1 aromatic heterocycles. The normalized spacial score (nSPS) is 27.1. The quantitative estimate of drug-likeness (QED) is 0.816. The molecule has 5 nitrogen and oxygen atoms in total. The van der Waals surface area contributed by atoms with E-state index in [4.69, 9.17) is 0 Å². The Balaban J connectivity index is 1.60. The first-order valence-electron chi connectivity index (χ1n) is 10.7. The molecule has 0 unspecified atom stereocenters. The second kappa shape index (κ2) is 8.48. The van der Waals surface area contributed by atoms with Crippen molar-refractivity contribution >= 4 is 5.91 Å². The Morgan fingerprint density at radius 3 is 2.75 bits per heavy atom. The summed E-state index contributed by atoms with van der Waals surface area (Å²) in [5, 5.41) is 4.29. The van der Waals surface area contributed by atoms with Crippen LogP contribution in [0.5, 0.6) is 0 Å². The van der Waals surface area contributed by atoms with Crippen LogP contribution in [0.15, 0.2) is 48.8 Å². The fourth-order valence-corrected chi connectivity index (χ4v) is 5.18. The number of benzene rings is 1. The zero-order valence-corrected chi connectivity index (χ0v) is 17.1. The molecule has 2 fully saturated rings. The number of likely N-dealkylation sites (N-methyl/N-ethyl adjacent to an activating group) is 1. The van der Waals surface area contributed by atoms with Gasteiger partial charge in [0.1, 0.15) is 0 Å². The van der Waals surface area contributed by atoms with Crippen LogP contribution in [0.25, 0.3) is 0 Å². The van der Waals surface area contributed by atoms with Crippen molar-refractivity contribution in [1.29, 1.82) is 0 Å². The number of nitrogens with zero attached hydrogens (tertiary/aromatic N) is 4. The third-order valence-corrected chi connectivity index (χ3v) is 6.57. The van der Waals surface area contributed by atoms with Gasteiger partial charge in [-0.2, -0.15) is 5.10 Å². The van der Waals surface area contributed by atoms with Crippen molar-refractivity contribution in [2.45, 2.75) is 57.2 Å². The van der Waals surface area contributed by atoms with Crippen LogP contribution in [-0.2, 0) is 11.3 Å². The lowest BCUT2D eigenvalue weighted by atomic mass is 9.87. The molecule has 0 spiro atoms. The molecule has 3 heterocycles. The van der Waals surface area contributed by atoms with Crippen molar-refractivity contribution < 1.29 is 4.79 Å². The highest BCUT2D eigenvalue weighted by atomic mass is 16.2. The minimum atomic E-state index is -0.0641. The third-order valence-electron chi connectivity index (χ3n) is 6.57. The fourth-order valence-electron chi connectivity index (χ4n) is 5.18. The molecule has 28 heavy (non-hydrogen) atoms. The predicted molar refractivity (Wildman–Crippen MR) is 111 cm³/mol. The Bertz CT molecular complexity index is 760. The smallest absolute Gasteiger partial charge is 0.227 e. The molecule has 2 saturated heterocycles. The van der Waals surface area contributed by atoms with Crippen LogP contribution in [-0.4, -0.2) is 57.7 Å². The van der Waals surface area contributed by atoms with Crippen LogP contribution in [0.3, 0.4) is 0 Å². The summed E-state index contributed by atoms with van der Waals surface area (Å²) in [7, 11) is 2.25. The first-order chi connectivity index (χ1) is 13.6. The summed E-state index contributed by atoms with van der Waals surface area (Å²) in [6, 6.07) is 13.4. The molecule has 0 aliphatic carbocycles. The number of hydrogen-bond donors (Lipinski definition) is 0. The second-order valence-electron chi connectivity index (χ2n) is 8.52. The molecule has 0 bridgehead atoms. The van der Waals surface area contributed by atoms with Gasteiger partial charge in [-0.1, -0.05) is 50.1 Å². The molecule has 0 radical (unpaired) electrons. The molecule has 1 amide bonds. The van der Waals surface area contributed by atoms with Crippen molar-refractivity contribution in [3.63, 3.8) is 0 Å². The van der Waals surface area contributed by atoms with Gasteiger partial charge in [0, 0.05) is 36.9 Å². The summed E-state index contributed by atoms with van der Waals surface area (Å²) >= 11 is 0. The van der Waals surface area contributed by atoms with E-state index >= 15 is 0 Å².